The third kappa shape index (κ3) is 2.92. The zero-order valence-electron chi connectivity index (χ0n) is 11.5. The highest BCUT2D eigenvalue weighted by molar-refractivity contribution is 5.97. The molecule has 5 nitrogen and oxygen atoms in total. The minimum atomic E-state index is -0.124. The number of nitrogens with zero attached hydrogens (tertiary/aromatic N) is 1. The fraction of sp³-hybridized carbons (Fsp3) is 0.500. The summed E-state index contributed by atoms with van der Waals surface area (Å²) in [5.74, 6) is 0.523. The van der Waals surface area contributed by atoms with Crippen LogP contribution < -0.4 is 20.7 Å². The van der Waals surface area contributed by atoms with Crippen molar-refractivity contribution in [3.05, 3.63) is 12.1 Å². The summed E-state index contributed by atoms with van der Waals surface area (Å²) in [7, 11) is 0. The van der Waals surface area contributed by atoms with Gasteiger partial charge in [-0.1, -0.05) is 13.8 Å². The lowest BCUT2D eigenvalue weighted by Gasteiger charge is -2.27. The summed E-state index contributed by atoms with van der Waals surface area (Å²) in [5.41, 5.74) is 8.47. The predicted molar refractivity (Wildman–Crippen MR) is 77.8 cm³/mol. The summed E-state index contributed by atoms with van der Waals surface area (Å²) in [5, 5.41) is 2.82. The molecule has 0 aliphatic carbocycles. The largest absolute Gasteiger partial charge is 0.482 e. The Labute approximate surface area is 113 Å². The molecule has 0 spiro atoms. The van der Waals surface area contributed by atoms with Crippen LogP contribution in [-0.4, -0.2) is 25.6 Å². The van der Waals surface area contributed by atoms with Gasteiger partial charge in [0, 0.05) is 19.2 Å². The quantitative estimate of drug-likeness (QED) is 0.799. The van der Waals surface area contributed by atoms with E-state index in [0.717, 1.165) is 31.6 Å². The number of nitrogen functional groups attached to an aromatic ring is 1. The highest BCUT2D eigenvalue weighted by Crippen LogP contribution is 2.37. The average molecular weight is 263 g/mol. The fourth-order valence-electron chi connectivity index (χ4n) is 2.30. The first-order valence-electron chi connectivity index (χ1n) is 6.76. The van der Waals surface area contributed by atoms with E-state index in [1.807, 2.05) is 6.07 Å². The Morgan fingerprint density at radius 3 is 2.63 bits per heavy atom. The Hall–Kier alpha value is -1.91. The summed E-state index contributed by atoms with van der Waals surface area (Å²) >= 11 is 0. The maximum atomic E-state index is 11.4. The molecule has 5 heteroatoms. The van der Waals surface area contributed by atoms with Crippen LogP contribution in [0.5, 0.6) is 5.75 Å². The number of carbonyl (C=O) groups excluding carboxylic acids is 1. The predicted octanol–water partition coefficient (Wildman–Crippen LogP) is 2.23. The monoisotopic (exact) mass is 263 g/mol. The van der Waals surface area contributed by atoms with E-state index >= 15 is 0 Å². The second-order valence-electron chi connectivity index (χ2n) is 4.73. The molecule has 1 aliphatic heterocycles. The third-order valence-electron chi connectivity index (χ3n) is 3.09. The summed E-state index contributed by atoms with van der Waals surface area (Å²) in [6.07, 6.45) is 2.11. The highest BCUT2D eigenvalue weighted by atomic mass is 16.5. The SMILES string of the molecule is CCCN(CCC)c1cc2c(cc1N)OCC(=O)N2. The molecule has 1 aliphatic rings. The Bertz CT molecular complexity index is 468. The second kappa shape index (κ2) is 5.82. The molecular formula is C14H21N3O2. The first kappa shape index (κ1) is 13.5. The van der Waals surface area contributed by atoms with Crippen LogP contribution in [0.25, 0.3) is 0 Å². The van der Waals surface area contributed by atoms with Crippen molar-refractivity contribution >= 4 is 23.0 Å². The van der Waals surface area contributed by atoms with E-state index < -0.39 is 0 Å². The van der Waals surface area contributed by atoms with Gasteiger partial charge in [-0.05, 0) is 18.9 Å². The van der Waals surface area contributed by atoms with Crippen molar-refractivity contribution in [2.45, 2.75) is 26.7 Å². The van der Waals surface area contributed by atoms with E-state index in [2.05, 4.69) is 24.1 Å². The molecule has 0 fully saturated rings. The van der Waals surface area contributed by atoms with Gasteiger partial charge in [0.25, 0.3) is 5.91 Å². The normalized spacial score (nSPS) is 13.5. The first-order chi connectivity index (χ1) is 9.15. The van der Waals surface area contributed by atoms with E-state index in [0.29, 0.717) is 17.1 Å². The molecule has 0 saturated carbocycles. The average Bonchev–Trinajstić information content (AvgIpc) is 2.38. The van der Waals surface area contributed by atoms with Crippen molar-refractivity contribution in [1.29, 1.82) is 0 Å². The van der Waals surface area contributed by atoms with E-state index in [4.69, 9.17) is 10.5 Å². The summed E-state index contributed by atoms with van der Waals surface area (Å²) in [4.78, 5) is 13.6. The van der Waals surface area contributed by atoms with Gasteiger partial charge >= 0.3 is 0 Å². The lowest BCUT2D eigenvalue weighted by Crippen LogP contribution is -2.28. The minimum absolute atomic E-state index is 0.0550. The van der Waals surface area contributed by atoms with Gasteiger partial charge in [0.1, 0.15) is 5.75 Å². The van der Waals surface area contributed by atoms with Crippen LogP contribution in [0.15, 0.2) is 12.1 Å². The van der Waals surface area contributed by atoms with Crippen molar-refractivity contribution in [3.8, 4) is 5.75 Å². The standard InChI is InChI=1S/C14H21N3O2/c1-3-5-17(6-4-2)12-8-11-13(7-10(12)15)19-9-14(18)16-11/h7-8H,3-6,9,15H2,1-2H3,(H,16,18). The van der Waals surface area contributed by atoms with Crippen LogP contribution in [-0.2, 0) is 4.79 Å². The summed E-state index contributed by atoms with van der Waals surface area (Å²) in [6, 6.07) is 3.70. The molecular weight excluding hydrogens is 242 g/mol. The van der Waals surface area contributed by atoms with Gasteiger partial charge in [0.2, 0.25) is 0 Å². The van der Waals surface area contributed by atoms with Crippen molar-refractivity contribution in [3.63, 3.8) is 0 Å². The number of fused-ring (bicyclic) bond motifs is 1. The van der Waals surface area contributed by atoms with Crippen LogP contribution >= 0.6 is 0 Å². The zero-order chi connectivity index (χ0) is 13.8. The number of hydrogen-bond donors (Lipinski definition) is 2. The van der Waals surface area contributed by atoms with Gasteiger partial charge in [-0.3, -0.25) is 4.79 Å². The van der Waals surface area contributed by atoms with Crippen LogP contribution in [0, 0.1) is 0 Å². The van der Waals surface area contributed by atoms with Crippen molar-refractivity contribution < 1.29 is 9.53 Å². The second-order valence-corrected chi connectivity index (χ2v) is 4.73. The molecule has 1 aromatic rings. The number of anilines is 3. The lowest BCUT2D eigenvalue weighted by atomic mass is 10.1. The molecule has 0 saturated heterocycles. The summed E-state index contributed by atoms with van der Waals surface area (Å²) in [6.45, 7) is 6.24. The Morgan fingerprint density at radius 2 is 2.00 bits per heavy atom. The molecule has 0 bridgehead atoms. The molecule has 3 N–H and O–H groups in total. The van der Waals surface area contributed by atoms with Crippen LogP contribution in [0.4, 0.5) is 17.1 Å². The number of amides is 1. The number of rotatable bonds is 5. The number of hydrogen-bond acceptors (Lipinski definition) is 4. The van der Waals surface area contributed by atoms with E-state index in [9.17, 15) is 4.79 Å². The molecule has 1 heterocycles. The van der Waals surface area contributed by atoms with E-state index in [1.165, 1.54) is 0 Å². The highest BCUT2D eigenvalue weighted by Gasteiger charge is 2.19. The molecule has 0 radical (unpaired) electrons. The Morgan fingerprint density at radius 1 is 1.32 bits per heavy atom. The topological polar surface area (TPSA) is 67.6 Å². The number of nitrogens with two attached hydrogens (primary N) is 1. The van der Waals surface area contributed by atoms with Crippen LogP contribution in [0.2, 0.25) is 0 Å². The molecule has 2 rings (SSSR count). The smallest absolute Gasteiger partial charge is 0.262 e. The van der Waals surface area contributed by atoms with Gasteiger partial charge < -0.3 is 20.7 Å². The number of nitrogens with one attached hydrogen (secondary N) is 1. The zero-order valence-corrected chi connectivity index (χ0v) is 11.5. The number of ether oxygens (including phenoxy) is 1. The lowest BCUT2D eigenvalue weighted by molar-refractivity contribution is -0.118. The van der Waals surface area contributed by atoms with Crippen LogP contribution in [0.3, 0.4) is 0 Å². The Balaban J connectivity index is 2.34. The fourth-order valence-corrected chi connectivity index (χ4v) is 2.30. The molecule has 0 unspecified atom stereocenters. The maximum Gasteiger partial charge on any atom is 0.262 e. The summed E-state index contributed by atoms with van der Waals surface area (Å²) < 4.78 is 5.36. The van der Waals surface area contributed by atoms with Crippen molar-refractivity contribution in [2.24, 2.45) is 0 Å². The number of carbonyl (C=O) groups is 1. The number of benzene rings is 1. The third-order valence-corrected chi connectivity index (χ3v) is 3.09. The maximum absolute atomic E-state index is 11.4. The van der Waals surface area contributed by atoms with Gasteiger partial charge in [0.05, 0.1) is 17.1 Å². The molecule has 0 aromatic heterocycles. The minimum Gasteiger partial charge on any atom is -0.482 e. The van der Waals surface area contributed by atoms with E-state index in [-0.39, 0.29) is 12.5 Å². The van der Waals surface area contributed by atoms with Gasteiger partial charge in [0.15, 0.2) is 6.61 Å². The Kier molecular flexibility index (Phi) is 4.14. The molecule has 104 valence electrons. The van der Waals surface area contributed by atoms with E-state index in [1.54, 1.807) is 6.07 Å². The van der Waals surface area contributed by atoms with Crippen molar-refractivity contribution in [2.75, 3.05) is 35.6 Å². The van der Waals surface area contributed by atoms with Gasteiger partial charge in [-0.15, -0.1) is 0 Å². The molecule has 1 amide bonds. The molecule has 0 atom stereocenters. The van der Waals surface area contributed by atoms with Crippen LogP contribution in [0.1, 0.15) is 26.7 Å². The van der Waals surface area contributed by atoms with Gasteiger partial charge in [-0.2, -0.15) is 0 Å². The van der Waals surface area contributed by atoms with Gasteiger partial charge in [-0.25, -0.2) is 0 Å². The molecule has 19 heavy (non-hydrogen) atoms. The van der Waals surface area contributed by atoms with Crippen molar-refractivity contribution in [1.82, 2.24) is 0 Å². The molecule has 1 aromatic carbocycles. The first-order valence-corrected chi connectivity index (χ1v) is 6.76.